The summed E-state index contributed by atoms with van der Waals surface area (Å²) >= 11 is 1.22. The number of fused-ring (bicyclic) bond motifs is 1. The van der Waals surface area contributed by atoms with E-state index < -0.39 is 0 Å². The van der Waals surface area contributed by atoms with Crippen LogP contribution < -0.4 is 5.32 Å². The molecule has 0 fully saturated rings. The van der Waals surface area contributed by atoms with Crippen molar-refractivity contribution >= 4 is 28.6 Å². The minimum Gasteiger partial charge on any atom is -0.411 e. The van der Waals surface area contributed by atoms with Crippen LogP contribution in [0.2, 0.25) is 0 Å². The molecule has 0 aliphatic carbocycles. The van der Waals surface area contributed by atoms with Crippen LogP contribution in [0, 0.1) is 0 Å². The van der Waals surface area contributed by atoms with Crippen molar-refractivity contribution in [1.29, 1.82) is 0 Å². The molecule has 0 unspecified atom stereocenters. The van der Waals surface area contributed by atoms with Gasteiger partial charge in [-0.15, -0.1) is 10.2 Å². The highest BCUT2D eigenvalue weighted by Gasteiger charge is 2.16. The molecule has 0 saturated heterocycles. The summed E-state index contributed by atoms with van der Waals surface area (Å²) in [4.78, 5) is 21.5. The third-order valence-electron chi connectivity index (χ3n) is 5.58. The molecule has 5 rings (SSSR count). The Bertz CT molecular complexity index is 1440. The number of thioether (sulfide) groups is 1. The van der Waals surface area contributed by atoms with E-state index in [0.717, 1.165) is 27.9 Å². The van der Waals surface area contributed by atoms with E-state index in [1.807, 2.05) is 66.7 Å². The van der Waals surface area contributed by atoms with Crippen LogP contribution in [0.4, 0.5) is 0 Å². The van der Waals surface area contributed by atoms with Crippen molar-refractivity contribution in [2.24, 2.45) is 0 Å². The van der Waals surface area contributed by atoms with Crippen LogP contribution in [-0.4, -0.2) is 38.4 Å². The van der Waals surface area contributed by atoms with Gasteiger partial charge in [-0.25, -0.2) is 4.98 Å². The summed E-state index contributed by atoms with van der Waals surface area (Å²) in [6, 6.07) is 25.5. The van der Waals surface area contributed by atoms with Gasteiger partial charge < -0.3 is 9.73 Å². The molecule has 0 aliphatic rings. The zero-order valence-corrected chi connectivity index (χ0v) is 19.9. The van der Waals surface area contributed by atoms with Crippen LogP contribution in [0.15, 0.2) is 94.7 Å². The maximum Gasteiger partial charge on any atom is 0.277 e. The van der Waals surface area contributed by atoms with E-state index >= 15 is 0 Å². The van der Waals surface area contributed by atoms with Crippen molar-refractivity contribution in [3.63, 3.8) is 0 Å². The first-order valence-electron chi connectivity index (χ1n) is 11.3. The lowest BCUT2D eigenvalue weighted by molar-refractivity contribution is -0.118. The minimum absolute atomic E-state index is 0.0793. The molecule has 1 atom stereocenters. The smallest absolute Gasteiger partial charge is 0.277 e. The molecule has 2 aromatic carbocycles. The van der Waals surface area contributed by atoms with Crippen LogP contribution >= 0.6 is 11.8 Å². The Morgan fingerprint density at radius 3 is 2.60 bits per heavy atom. The van der Waals surface area contributed by atoms with Gasteiger partial charge in [-0.1, -0.05) is 73.3 Å². The minimum atomic E-state index is -0.0793. The number of aromatic nitrogens is 4. The largest absolute Gasteiger partial charge is 0.411 e. The number of nitrogens with zero attached hydrogens (tertiary/aromatic N) is 4. The average Bonchev–Trinajstić information content (AvgIpc) is 3.40. The molecule has 0 radical (unpaired) electrons. The van der Waals surface area contributed by atoms with Gasteiger partial charge in [-0.3, -0.25) is 9.78 Å². The topological polar surface area (TPSA) is 93.8 Å². The fourth-order valence-electron chi connectivity index (χ4n) is 3.72. The van der Waals surface area contributed by atoms with Gasteiger partial charge in [0, 0.05) is 18.1 Å². The quantitative estimate of drug-likeness (QED) is 0.298. The van der Waals surface area contributed by atoms with E-state index in [1.165, 1.54) is 17.3 Å². The Hall–Kier alpha value is -4.04. The number of hydrogen-bond acceptors (Lipinski definition) is 7. The summed E-state index contributed by atoms with van der Waals surface area (Å²) < 4.78 is 5.93. The lowest BCUT2D eigenvalue weighted by Crippen LogP contribution is -2.28. The maximum absolute atomic E-state index is 12.4. The van der Waals surface area contributed by atoms with E-state index in [9.17, 15) is 4.79 Å². The van der Waals surface area contributed by atoms with E-state index in [-0.39, 0.29) is 17.6 Å². The summed E-state index contributed by atoms with van der Waals surface area (Å²) in [5, 5.41) is 12.6. The lowest BCUT2D eigenvalue weighted by atomic mass is 10.0. The van der Waals surface area contributed by atoms with Crippen LogP contribution in [0.5, 0.6) is 0 Å². The second-order valence-electron chi connectivity index (χ2n) is 8.06. The molecule has 8 heteroatoms. The molecule has 5 aromatic rings. The van der Waals surface area contributed by atoms with Crippen LogP contribution in [0.1, 0.15) is 18.4 Å². The number of para-hydroxylation sites is 1. The van der Waals surface area contributed by atoms with E-state index in [1.54, 1.807) is 6.20 Å². The highest BCUT2D eigenvalue weighted by Crippen LogP contribution is 2.32. The van der Waals surface area contributed by atoms with Crippen LogP contribution in [0.25, 0.3) is 33.7 Å². The number of rotatable bonds is 8. The number of pyridine rings is 2. The first-order chi connectivity index (χ1) is 17.2. The molecule has 1 amide bonds. The number of carbonyl (C=O) groups is 1. The second-order valence-corrected chi connectivity index (χ2v) is 8.99. The summed E-state index contributed by atoms with van der Waals surface area (Å²) in [6.07, 6.45) is 1.74. The van der Waals surface area contributed by atoms with Gasteiger partial charge in [-0.05, 0) is 35.7 Å². The fraction of sp³-hybridized carbons (Fsp3) is 0.148. The van der Waals surface area contributed by atoms with Crippen molar-refractivity contribution in [2.45, 2.75) is 18.1 Å². The van der Waals surface area contributed by atoms with Crippen molar-refractivity contribution < 1.29 is 9.21 Å². The maximum atomic E-state index is 12.4. The van der Waals surface area contributed by atoms with Gasteiger partial charge in [0.1, 0.15) is 0 Å². The third kappa shape index (κ3) is 5.38. The molecular weight excluding hydrogens is 458 g/mol. The van der Waals surface area contributed by atoms with Gasteiger partial charge in [0.2, 0.25) is 11.8 Å². The molecule has 0 saturated carbocycles. The summed E-state index contributed by atoms with van der Waals surface area (Å²) in [5.41, 5.74) is 4.26. The summed E-state index contributed by atoms with van der Waals surface area (Å²) in [6.45, 7) is 2.66. The monoisotopic (exact) mass is 481 g/mol. The zero-order valence-electron chi connectivity index (χ0n) is 19.1. The first kappa shape index (κ1) is 22.7. The zero-order chi connectivity index (χ0) is 24.0. The molecule has 35 heavy (non-hydrogen) atoms. The Balaban J connectivity index is 1.29. The number of carbonyl (C=O) groups excluding carboxylic acids is 1. The Morgan fingerprint density at radius 1 is 0.971 bits per heavy atom. The van der Waals surface area contributed by atoms with E-state index in [4.69, 9.17) is 9.40 Å². The molecular formula is C27H23N5O2S. The van der Waals surface area contributed by atoms with Gasteiger partial charge in [0.15, 0.2) is 0 Å². The van der Waals surface area contributed by atoms with Crippen LogP contribution in [0.3, 0.4) is 0 Å². The molecule has 0 spiro atoms. The normalized spacial score (nSPS) is 11.9. The molecule has 1 N–H and O–H groups in total. The van der Waals surface area contributed by atoms with E-state index in [0.29, 0.717) is 17.7 Å². The number of benzene rings is 2. The lowest BCUT2D eigenvalue weighted by Gasteiger charge is -2.12. The average molecular weight is 482 g/mol. The summed E-state index contributed by atoms with van der Waals surface area (Å²) in [5.74, 6) is 0.721. The van der Waals surface area contributed by atoms with Crippen molar-refractivity contribution in [3.05, 3.63) is 90.6 Å². The molecule has 0 bridgehead atoms. The predicted molar refractivity (Wildman–Crippen MR) is 137 cm³/mol. The Morgan fingerprint density at radius 2 is 1.77 bits per heavy atom. The molecule has 0 aliphatic heterocycles. The standard InChI is InChI=1S/C27H23N5O2S/c1-18(19-9-3-2-4-10-19)16-29-25(33)17-35-27-32-31-26(34-27)21-15-24(23-13-7-8-14-28-23)30-22-12-6-5-11-20(21)22/h2-15,18H,16-17H2,1H3,(H,29,33)/t18-/m1/s1. The SMILES string of the molecule is C[C@H](CNC(=O)CSc1nnc(-c2cc(-c3ccccn3)nc3ccccc23)o1)c1ccccc1. The number of hydrogen-bond donors (Lipinski definition) is 1. The summed E-state index contributed by atoms with van der Waals surface area (Å²) in [7, 11) is 0. The third-order valence-corrected chi connectivity index (χ3v) is 6.40. The van der Waals surface area contributed by atoms with Crippen molar-refractivity contribution in [1.82, 2.24) is 25.5 Å². The highest BCUT2D eigenvalue weighted by molar-refractivity contribution is 7.99. The Labute approximate surface area is 207 Å². The van der Waals surface area contributed by atoms with Crippen LogP contribution in [-0.2, 0) is 4.79 Å². The highest BCUT2D eigenvalue weighted by atomic mass is 32.2. The van der Waals surface area contributed by atoms with Gasteiger partial charge in [-0.2, -0.15) is 0 Å². The van der Waals surface area contributed by atoms with Crippen molar-refractivity contribution in [3.8, 4) is 22.8 Å². The second kappa shape index (κ2) is 10.5. The first-order valence-corrected chi connectivity index (χ1v) is 12.3. The predicted octanol–water partition coefficient (Wildman–Crippen LogP) is 5.36. The fourth-order valence-corrected chi connectivity index (χ4v) is 4.31. The van der Waals surface area contributed by atoms with E-state index in [2.05, 4.69) is 39.6 Å². The molecule has 3 aromatic heterocycles. The van der Waals surface area contributed by atoms with Gasteiger partial charge in [0.05, 0.1) is 28.2 Å². The molecule has 3 heterocycles. The number of nitrogens with one attached hydrogen (secondary N) is 1. The molecule has 7 nitrogen and oxygen atoms in total. The number of amides is 1. The van der Waals surface area contributed by atoms with Gasteiger partial charge >= 0.3 is 0 Å². The Kier molecular flexibility index (Phi) is 6.81. The van der Waals surface area contributed by atoms with Gasteiger partial charge in [0.25, 0.3) is 5.22 Å². The van der Waals surface area contributed by atoms with Crippen molar-refractivity contribution in [2.75, 3.05) is 12.3 Å². The molecule has 174 valence electrons.